The molecule has 0 spiro atoms. The van der Waals surface area contributed by atoms with E-state index in [0.29, 0.717) is 31.1 Å². The van der Waals surface area contributed by atoms with Gasteiger partial charge in [-0.05, 0) is 62.1 Å². The van der Waals surface area contributed by atoms with Gasteiger partial charge in [-0.15, -0.1) is 0 Å². The number of aromatic carboxylic acids is 1. The van der Waals surface area contributed by atoms with E-state index in [-0.39, 0.29) is 36.1 Å². The molecule has 3 atom stereocenters. The zero-order valence-electron chi connectivity index (χ0n) is 21.2. The summed E-state index contributed by atoms with van der Waals surface area (Å²) >= 11 is 0. The fourth-order valence-electron chi connectivity index (χ4n) is 4.96. The fraction of sp³-hybridized carbons (Fsp3) is 0.464. The third-order valence-electron chi connectivity index (χ3n) is 7.11. The topological polar surface area (TPSA) is 103 Å². The molecular weight excluding hydrogens is 458 g/mol. The molecule has 2 N–H and O–H groups in total. The Morgan fingerprint density at radius 2 is 2.11 bits per heavy atom. The number of carbonyl (C=O) groups is 2. The molecule has 0 radical (unpaired) electrons. The van der Waals surface area contributed by atoms with Crippen LogP contribution in [0.4, 0.5) is 0 Å². The highest BCUT2D eigenvalue weighted by Crippen LogP contribution is 2.32. The van der Waals surface area contributed by atoms with Crippen molar-refractivity contribution >= 4 is 17.4 Å². The SMILES string of the molecule is C[C@@H]1CN([C@H](C)CO)C(=O)c2cc(C3=CCCC3)cnc2O[C@H]1CN(C)Cc1ccccc1C(=O)O. The number of rotatable bonds is 8. The number of benzene rings is 1. The Hall–Kier alpha value is -3.23. The molecule has 1 aliphatic carbocycles. The second kappa shape index (κ2) is 11.2. The van der Waals surface area contributed by atoms with Crippen LogP contribution in [-0.2, 0) is 6.54 Å². The van der Waals surface area contributed by atoms with Crippen LogP contribution in [0.1, 0.15) is 65.0 Å². The van der Waals surface area contributed by atoms with Gasteiger partial charge in [-0.1, -0.05) is 31.2 Å². The fourth-order valence-corrected chi connectivity index (χ4v) is 4.96. The molecule has 2 aromatic rings. The van der Waals surface area contributed by atoms with Crippen LogP contribution in [-0.4, -0.2) is 75.8 Å². The average Bonchev–Trinajstić information content (AvgIpc) is 3.40. The molecule has 0 bridgehead atoms. The van der Waals surface area contributed by atoms with Gasteiger partial charge in [-0.25, -0.2) is 9.78 Å². The summed E-state index contributed by atoms with van der Waals surface area (Å²) in [4.78, 5) is 33.5. The number of carboxylic acid groups (broad SMARTS) is 1. The molecular formula is C28H35N3O5. The van der Waals surface area contributed by atoms with Crippen LogP contribution >= 0.6 is 0 Å². The van der Waals surface area contributed by atoms with Crippen LogP contribution < -0.4 is 4.74 Å². The molecule has 36 heavy (non-hydrogen) atoms. The lowest BCUT2D eigenvalue weighted by atomic mass is 9.98. The van der Waals surface area contributed by atoms with Crippen molar-refractivity contribution in [1.29, 1.82) is 0 Å². The van der Waals surface area contributed by atoms with Gasteiger partial charge in [0.15, 0.2) is 0 Å². The predicted octanol–water partition coefficient (Wildman–Crippen LogP) is 3.70. The third-order valence-corrected chi connectivity index (χ3v) is 7.11. The van der Waals surface area contributed by atoms with Crippen molar-refractivity contribution in [2.24, 2.45) is 5.92 Å². The van der Waals surface area contributed by atoms with E-state index in [9.17, 15) is 19.8 Å². The molecule has 1 aromatic heterocycles. The first-order valence-electron chi connectivity index (χ1n) is 12.6. The van der Waals surface area contributed by atoms with Gasteiger partial charge in [0.1, 0.15) is 11.7 Å². The zero-order valence-corrected chi connectivity index (χ0v) is 21.2. The lowest BCUT2D eigenvalue weighted by molar-refractivity contribution is 0.0325. The van der Waals surface area contributed by atoms with E-state index >= 15 is 0 Å². The Morgan fingerprint density at radius 1 is 1.33 bits per heavy atom. The normalized spacial score (nSPS) is 20.9. The quantitative estimate of drug-likeness (QED) is 0.578. The standard InChI is InChI=1S/C28H35N3O5/c1-18-14-31(19(2)17-32)27(33)24-12-22(20-8-4-5-9-20)13-29-26(24)36-25(18)16-30(3)15-21-10-6-7-11-23(21)28(34)35/h6-8,10-13,18-19,25,32H,4-5,9,14-17H2,1-3H3,(H,34,35)/t18-,19-,25+/m1/s1. The number of ether oxygens (including phenoxy) is 1. The Kier molecular flexibility index (Phi) is 8.06. The number of carboxylic acids is 1. The van der Waals surface area contributed by atoms with E-state index in [0.717, 1.165) is 30.4 Å². The second-order valence-corrected chi connectivity index (χ2v) is 9.98. The minimum atomic E-state index is -0.951. The van der Waals surface area contributed by atoms with Crippen molar-refractivity contribution < 1.29 is 24.5 Å². The summed E-state index contributed by atoms with van der Waals surface area (Å²) in [5.74, 6) is -0.887. The Morgan fingerprint density at radius 3 is 2.81 bits per heavy atom. The number of amides is 1. The monoisotopic (exact) mass is 493 g/mol. The lowest BCUT2D eigenvalue weighted by Gasteiger charge is -2.37. The number of fused-ring (bicyclic) bond motifs is 1. The molecule has 0 saturated carbocycles. The molecule has 4 rings (SSSR count). The summed E-state index contributed by atoms with van der Waals surface area (Å²) < 4.78 is 6.39. The lowest BCUT2D eigenvalue weighted by Crippen LogP contribution is -2.50. The summed E-state index contributed by atoms with van der Waals surface area (Å²) in [6, 6.07) is 8.51. The minimum Gasteiger partial charge on any atom is -0.478 e. The molecule has 1 amide bonds. The highest BCUT2D eigenvalue weighted by atomic mass is 16.5. The number of aliphatic hydroxyl groups is 1. The number of pyridine rings is 1. The molecule has 1 aromatic carbocycles. The van der Waals surface area contributed by atoms with Crippen LogP contribution in [0.25, 0.3) is 5.57 Å². The molecule has 1 aliphatic heterocycles. The minimum absolute atomic E-state index is 0.0488. The summed E-state index contributed by atoms with van der Waals surface area (Å²) in [6.45, 7) is 5.11. The number of allylic oxidation sites excluding steroid dienone is 2. The van der Waals surface area contributed by atoms with Gasteiger partial charge >= 0.3 is 5.97 Å². The molecule has 0 saturated heterocycles. The van der Waals surface area contributed by atoms with Gasteiger partial charge in [-0.3, -0.25) is 9.69 Å². The van der Waals surface area contributed by atoms with Crippen LogP contribution in [0.15, 0.2) is 42.6 Å². The van der Waals surface area contributed by atoms with E-state index in [1.807, 2.05) is 44.0 Å². The number of aromatic nitrogens is 1. The molecule has 2 heterocycles. The van der Waals surface area contributed by atoms with E-state index in [4.69, 9.17) is 4.74 Å². The van der Waals surface area contributed by atoms with Gasteiger partial charge < -0.3 is 19.8 Å². The molecule has 2 aliphatic rings. The van der Waals surface area contributed by atoms with Crippen molar-refractivity contribution in [3.8, 4) is 5.88 Å². The first-order valence-corrected chi connectivity index (χ1v) is 12.6. The smallest absolute Gasteiger partial charge is 0.336 e. The van der Waals surface area contributed by atoms with E-state index < -0.39 is 5.97 Å². The Balaban J connectivity index is 1.62. The van der Waals surface area contributed by atoms with Gasteiger partial charge in [0.2, 0.25) is 5.88 Å². The third kappa shape index (κ3) is 5.60. The second-order valence-electron chi connectivity index (χ2n) is 9.98. The maximum atomic E-state index is 13.6. The Labute approximate surface area is 212 Å². The number of nitrogens with zero attached hydrogens (tertiary/aromatic N) is 3. The molecule has 0 fully saturated rings. The van der Waals surface area contributed by atoms with Crippen LogP contribution in [0.2, 0.25) is 0 Å². The largest absolute Gasteiger partial charge is 0.478 e. The van der Waals surface area contributed by atoms with E-state index in [1.54, 1.807) is 23.2 Å². The Bertz CT molecular complexity index is 1150. The van der Waals surface area contributed by atoms with Crippen molar-refractivity contribution in [2.75, 3.05) is 26.7 Å². The van der Waals surface area contributed by atoms with Crippen LogP contribution in [0.5, 0.6) is 5.88 Å². The highest BCUT2D eigenvalue weighted by Gasteiger charge is 2.34. The van der Waals surface area contributed by atoms with Crippen molar-refractivity contribution in [2.45, 2.75) is 51.8 Å². The van der Waals surface area contributed by atoms with E-state index in [2.05, 4.69) is 11.1 Å². The van der Waals surface area contributed by atoms with Crippen LogP contribution in [0, 0.1) is 5.92 Å². The average molecular weight is 494 g/mol. The maximum absolute atomic E-state index is 13.6. The summed E-state index contributed by atoms with van der Waals surface area (Å²) in [6.07, 6.45) is 6.77. The predicted molar refractivity (Wildman–Crippen MR) is 137 cm³/mol. The van der Waals surface area contributed by atoms with E-state index in [1.165, 1.54) is 5.57 Å². The van der Waals surface area contributed by atoms with Crippen molar-refractivity contribution in [3.05, 3.63) is 64.9 Å². The summed E-state index contributed by atoms with van der Waals surface area (Å²) in [5.41, 5.74) is 3.56. The first kappa shape index (κ1) is 25.9. The molecule has 8 heteroatoms. The molecule has 192 valence electrons. The van der Waals surface area contributed by atoms with Gasteiger partial charge in [0.05, 0.1) is 18.2 Å². The van der Waals surface area contributed by atoms with Crippen molar-refractivity contribution in [3.63, 3.8) is 0 Å². The number of likely N-dealkylation sites (N-methyl/N-ethyl adjacent to an activating group) is 1. The number of hydrogen-bond donors (Lipinski definition) is 2. The highest BCUT2D eigenvalue weighted by molar-refractivity contribution is 5.97. The molecule has 8 nitrogen and oxygen atoms in total. The van der Waals surface area contributed by atoms with Crippen molar-refractivity contribution in [1.82, 2.24) is 14.8 Å². The zero-order chi connectivity index (χ0) is 25.8. The number of hydrogen-bond acceptors (Lipinski definition) is 6. The van der Waals surface area contributed by atoms with Crippen LogP contribution in [0.3, 0.4) is 0 Å². The maximum Gasteiger partial charge on any atom is 0.336 e. The summed E-state index contributed by atoms with van der Waals surface area (Å²) in [7, 11) is 1.93. The number of carbonyl (C=O) groups excluding carboxylic acids is 1. The van der Waals surface area contributed by atoms with Gasteiger partial charge in [-0.2, -0.15) is 0 Å². The first-order chi connectivity index (χ1) is 17.3. The van der Waals surface area contributed by atoms with Gasteiger partial charge in [0.25, 0.3) is 5.91 Å². The van der Waals surface area contributed by atoms with Gasteiger partial charge in [0, 0.05) is 31.7 Å². The number of aliphatic hydroxyl groups excluding tert-OH is 1. The summed E-state index contributed by atoms with van der Waals surface area (Å²) in [5, 5.41) is 19.4. The molecule has 0 unspecified atom stereocenters.